The lowest BCUT2D eigenvalue weighted by Crippen LogP contribution is -2.39. The minimum Gasteiger partial charge on any atom is -0.467 e. The number of imidazole rings is 1. The van der Waals surface area contributed by atoms with Crippen molar-refractivity contribution in [3.05, 3.63) is 42.4 Å². The molecular formula is C16H21N3O3. The summed E-state index contributed by atoms with van der Waals surface area (Å²) in [5.74, 6) is 1.46. The fourth-order valence-corrected chi connectivity index (χ4v) is 2.94. The highest BCUT2D eigenvalue weighted by atomic mass is 16.5. The monoisotopic (exact) mass is 303 g/mol. The Morgan fingerprint density at radius 2 is 2.41 bits per heavy atom. The van der Waals surface area contributed by atoms with Gasteiger partial charge in [0.25, 0.3) is 0 Å². The van der Waals surface area contributed by atoms with Gasteiger partial charge >= 0.3 is 0 Å². The molecule has 2 aromatic rings. The van der Waals surface area contributed by atoms with Crippen molar-refractivity contribution in [1.82, 2.24) is 14.5 Å². The van der Waals surface area contributed by atoms with Crippen LogP contribution in [0.2, 0.25) is 0 Å². The maximum Gasteiger partial charge on any atom is 0.228 e. The minimum atomic E-state index is -0.277. The standard InChI is InChI=1S/C16H21N3O3/c1-18-8-7-17-15(18)14-13(6-4-10-22-14)16(20)19(2)11-12-5-3-9-21-12/h3,5,7-9,13-14H,4,6,10-11H2,1-2H3/t13-,14-/m1/s1. The van der Waals surface area contributed by atoms with Gasteiger partial charge in [0.1, 0.15) is 17.7 Å². The molecule has 2 atom stereocenters. The van der Waals surface area contributed by atoms with Crippen LogP contribution in [0.15, 0.2) is 35.2 Å². The molecule has 1 aliphatic heterocycles. The molecule has 1 amide bonds. The first-order valence-corrected chi connectivity index (χ1v) is 7.53. The van der Waals surface area contributed by atoms with Gasteiger partial charge in [-0.3, -0.25) is 4.79 Å². The zero-order valence-corrected chi connectivity index (χ0v) is 12.9. The van der Waals surface area contributed by atoms with E-state index in [0.29, 0.717) is 13.2 Å². The van der Waals surface area contributed by atoms with Crippen molar-refractivity contribution >= 4 is 5.91 Å². The first-order chi connectivity index (χ1) is 10.7. The number of aryl methyl sites for hydroxylation is 1. The van der Waals surface area contributed by atoms with Gasteiger partial charge in [-0.05, 0) is 25.0 Å². The van der Waals surface area contributed by atoms with E-state index in [1.165, 1.54) is 0 Å². The predicted molar refractivity (Wildman–Crippen MR) is 79.8 cm³/mol. The highest BCUT2D eigenvalue weighted by Gasteiger charge is 2.36. The molecule has 0 radical (unpaired) electrons. The Bertz CT molecular complexity index is 620. The highest BCUT2D eigenvalue weighted by molar-refractivity contribution is 5.79. The van der Waals surface area contributed by atoms with Gasteiger partial charge in [0, 0.05) is 33.1 Å². The van der Waals surface area contributed by atoms with Gasteiger partial charge in [-0.25, -0.2) is 4.98 Å². The zero-order chi connectivity index (χ0) is 15.5. The molecule has 118 valence electrons. The van der Waals surface area contributed by atoms with Crippen LogP contribution in [0.5, 0.6) is 0 Å². The van der Waals surface area contributed by atoms with E-state index in [9.17, 15) is 4.79 Å². The number of nitrogens with zero attached hydrogens (tertiary/aromatic N) is 3. The molecule has 0 spiro atoms. The number of carbonyl (C=O) groups is 1. The predicted octanol–water partition coefficient (Wildman–Crippen LogP) is 2.14. The van der Waals surface area contributed by atoms with Crippen molar-refractivity contribution < 1.29 is 13.9 Å². The lowest BCUT2D eigenvalue weighted by atomic mass is 9.92. The van der Waals surface area contributed by atoms with Crippen molar-refractivity contribution in [1.29, 1.82) is 0 Å². The Morgan fingerprint density at radius 3 is 3.09 bits per heavy atom. The van der Waals surface area contributed by atoms with E-state index in [1.807, 2.05) is 29.9 Å². The fraction of sp³-hybridized carbons (Fsp3) is 0.500. The maximum absolute atomic E-state index is 12.8. The van der Waals surface area contributed by atoms with Crippen molar-refractivity contribution in [2.24, 2.45) is 13.0 Å². The van der Waals surface area contributed by atoms with Gasteiger partial charge in [-0.15, -0.1) is 0 Å². The van der Waals surface area contributed by atoms with E-state index < -0.39 is 0 Å². The Hall–Kier alpha value is -2.08. The van der Waals surface area contributed by atoms with E-state index in [0.717, 1.165) is 24.4 Å². The van der Waals surface area contributed by atoms with E-state index in [1.54, 1.807) is 24.4 Å². The Balaban J connectivity index is 1.75. The van der Waals surface area contributed by atoms with Crippen LogP contribution in [0.4, 0.5) is 0 Å². The third-order valence-electron chi connectivity index (χ3n) is 4.10. The molecule has 0 aliphatic carbocycles. The summed E-state index contributed by atoms with van der Waals surface area (Å²) in [5, 5.41) is 0. The number of ether oxygens (including phenoxy) is 1. The third-order valence-corrected chi connectivity index (χ3v) is 4.10. The van der Waals surface area contributed by atoms with Gasteiger partial charge in [0.05, 0.1) is 18.7 Å². The molecule has 2 aromatic heterocycles. The first-order valence-electron chi connectivity index (χ1n) is 7.53. The third kappa shape index (κ3) is 2.92. The van der Waals surface area contributed by atoms with E-state index in [-0.39, 0.29) is 17.9 Å². The van der Waals surface area contributed by atoms with Crippen LogP contribution in [0.25, 0.3) is 0 Å². The largest absolute Gasteiger partial charge is 0.467 e. The Labute approximate surface area is 129 Å². The zero-order valence-electron chi connectivity index (χ0n) is 12.9. The van der Waals surface area contributed by atoms with E-state index in [2.05, 4.69) is 4.98 Å². The molecule has 1 aliphatic rings. The van der Waals surface area contributed by atoms with Crippen molar-refractivity contribution in [2.45, 2.75) is 25.5 Å². The normalized spacial score (nSPS) is 21.7. The van der Waals surface area contributed by atoms with Gasteiger partial charge < -0.3 is 18.6 Å². The maximum atomic E-state index is 12.8. The lowest BCUT2D eigenvalue weighted by molar-refractivity contribution is -0.145. The second kappa shape index (κ2) is 6.36. The SMILES string of the molecule is CN(Cc1ccco1)C(=O)[C@@H]1CCCO[C@H]1c1nccn1C. The van der Waals surface area contributed by atoms with Gasteiger partial charge in [-0.2, -0.15) is 0 Å². The molecule has 1 saturated heterocycles. The van der Waals surface area contributed by atoms with Crippen molar-refractivity contribution in [2.75, 3.05) is 13.7 Å². The van der Waals surface area contributed by atoms with E-state index >= 15 is 0 Å². The van der Waals surface area contributed by atoms with Crippen LogP contribution in [-0.4, -0.2) is 34.0 Å². The molecule has 6 heteroatoms. The van der Waals surface area contributed by atoms with Gasteiger partial charge in [0.2, 0.25) is 5.91 Å². The van der Waals surface area contributed by atoms with Crippen LogP contribution < -0.4 is 0 Å². The van der Waals surface area contributed by atoms with Crippen LogP contribution in [0.1, 0.15) is 30.5 Å². The van der Waals surface area contributed by atoms with E-state index in [4.69, 9.17) is 9.15 Å². The van der Waals surface area contributed by atoms with Crippen molar-refractivity contribution in [3.8, 4) is 0 Å². The summed E-state index contributed by atoms with van der Waals surface area (Å²) in [5.41, 5.74) is 0. The average Bonchev–Trinajstić information content (AvgIpc) is 3.18. The molecule has 22 heavy (non-hydrogen) atoms. The summed E-state index contributed by atoms with van der Waals surface area (Å²) in [6, 6.07) is 3.70. The molecule has 3 heterocycles. The molecule has 3 rings (SSSR count). The number of amides is 1. The number of hydrogen-bond donors (Lipinski definition) is 0. The summed E-state index contributed by atoms with van der Waals surface area (Å²) in [7, 11) is 3.73. The summed E-state index contributed by atoms with van der Waals surface area (Å²) in [6.07, 6.45) is 6.67. The minimum absolute atomic E-state index is 0.0732. The van der Waals surface area contributed by atoms with Crippen LogP contribution in [0, 0.1) is 5.92 Å². The summed E-state index contributed by atoms with van der Waals surface area (Å²) < 4.78 is 13.1. The quantitative estimate of drug-likeness (QED) is 0.868. The van der Waals surface area contributed by atoms with Gasteiger partial charge in [0.15, 0.2) is 0 Å². The number of carbonyl (C=O) groups excluding carboxylic acids is 1. The average molecular weight is 303 g/mol. The second-order valence-corrected chi connectivity index (χ2v) is 5.71. The molecule has 0 saturated carbocycles. The first kappa shape index (κ1) is 14.8. The summed E-state index contributed by atoms with van der Waals surface area (Å²) in [6.45, 7) is 1.14. The molecule has 0 bridgehead atoms. The van der Waals surface area contributed by atoms with Crippen LogP contribution in [-0.2, 0) is 23.1 Å². The second-order valence-electron chi connectivity index (χ2n) is 5.71. The topological polar surface area (TPSA) is 60.5 Å². The Morgan fingerprint density at radius 1 is 1.55 bits per heavy atom. The fourth-order valence-electron chi connectivity index (χ4n) is 2.94. The van der Waals surface area contributed by atoms with Crippen molar-refractivity contribution in [3.63, 3.8) is 0 Å². The van der Waals surface area contributed by atoms with Crippen LogP contribution >= 0.6 is 0 Å². The number of furan rings is 1. The van der Waals surface area contributed by atoms with Gasteiger partial charge in [-0.1, -0.05) is 0 Å². The Kier molecular flexibility index (Phi) is 4.29. The summed E-state index contributed by atoms with van der Waals surface area (Å²) in [4.78, 5) is 18.9. The molecule has 1 fully saturated rings. The highest BCUT2D eigenvalue weighted by Crippen LogP contribution is 2.34. The lowest BCUT2D eigenvalue weighted by Gasteiger charge is -2.32. The molecule has 0 N–H and O–H groups in total. The molecule has 0 aromatic carbocycles. The number of aromatic nitrogens is 2. The smallest absolute Gasteiger partial charge is 0.228 e. The number of hydrogen-bond acceptors (Lipinski definition) is 4. The number of rotatable bonds is 4. The molecule has 0 unspecified atom stereocenters. The van der Waals surface area contributed by atoms with Crippen LogP contribution in [0.3, 0.4) is 0 Å². The molecular weight excluding hydrogens is 282 g/mol. The molecule has 6 nitrogen and oxygen atoms in total. The summed E-state index contributed by atoms with van der Waals surface area (Å²) >= 11 is 0.